The highest BCUT2D eigenvalue weighted by Gasteiger charge is 2.26. The molecule has 0 N–H and O–H groups in total. The van der Waals surface area contributed by atoms with Gasteiger partial charge in [-0.3, -0.25) is 9.69 Å². The molecule has 0 bridgehead atoms. The molecule has 0 aliphatic carbocycles. The monoisotopic (exact) mass is 212 g/mol. The third kappa shape index (κ3) is 1.35. The van der Waals surface area contributed by atoms with Crippen molar-refractivity contribution < 1.29 is 4.79 Å². The van der Waals surface area contributed by atoms with Crippen LogP contribution in [0.15, 0.2) is 18.2 Å². The lowest BCUT2D eigenvalue weighted by atomic mass is 10.1. The number of hydrogen-bond donors (Lipinski definition) is 0. The van der Waals surface area contributed by atoms with Gasteiger partial charge in [-0.2, -0.15) is 10.5 Å². The van der Waals surface area contributed by atoms with Crippen LogP contribution >= 0.6 is 0 Å². The quantitative estimate of drug-likeness (QED) is 0.597. The molecule has 5 heteroatoms. The van der Waals surface area contributed by atoms with Crippen LogP contribution in [0.2, 0.25) is 0 Å². The van der Waals surface area contributed by atoms with Crippen LogP contribution in [-0.2, 0) is 4.79 Å². The number of hydrogen-bond acceptors (Lipinski definition) is 4. The molecule has 0 saturated heterocycles. The second-order valence-electron chi connectivity index (χ2n) is 3.45. The zero-order valence-corrected chi connectivity index (χ0v) is 8.64. The van der Waals surface area contributed by atoms with Crippen molar-refractivity contribution in [1.82, 2.24) is 0 Å². The number of fused-ring (bicyclic) bond motifs is 1. The Morgan fingerprint density at radius 1 is 1.31 bits per heavy atom. The van der Waals surface area contributed by atoms with Crippen molar-refractivity contribution >= 4 is 17.3 Å². The fourth-order valence-corrected chi connectivity index (χ4v) is 1.64. The van der Waals surface area contributed by atoms with Crippen molar-refractivity contribution in [2.75, 3.05) is 23.4 Å². The second kappa shape index (κ2) is 3.56. The Hall–Kier alpha value is -2.53. The van der Waals surface area contributed by atoms with Gasteiger partial charge in [0, 0.05) is 7.05 Å². The van der Waals surface area contributed by atoms with Gasteiger partial charge in [0.25, 0.3) is 0 Å². The maximum Gasteiger partial charge on any atom is 0.247 e. The Morgan fingerprint density at radius 2 is 2.06 bits per heavy atom. The van der Waals surface area contributed by atoms with Gasteiger partial charge in [0.2, 0.25) is 5.91 Å². The second-order valence-corrected chi connectivity index (χ2v) is 3.45. The molecule has 1 aromatic carbocycles. The lowest BCUT2D eigenvalue weighted by Crippen LogP contribution is -2.41. The van der Waals surface area contributed by atoms with Crippen LogP contribution in [0.5, 0.6) is 0 Å². The summed E-state index contributed by atoms with van der Waals surface area (Å²) in [5, 5.41) is 17.7. The van der Waals surface area contributed by atoms with Crippen molar-refractivity contribution in [1.29, 1.82) is 10.5 Å². The van der Waals surface area contributed by atoms with Crippen LogP contribution in [0, 0.1) is 22.8 Å². The predicted octanol–water partition coefficient (Wildman–Crippen LogP) is 0.822. The van der Waals surface area contributed by atoms with E-state index in [9.17, 15) is 4.79 Å². The molecule has 0 spiro atoms. The Kier molecular flexibility index (Phi) is 2.23. The summed E-state index contributed by atoms with van der Waals surface area (Å²) in [5.74, 6) is -0.163. The Bertz CT molecular complexity index is 538. The number of anilines is 2. The van der Waals surface area contributed by atoms with Crippen LogP contribution < -0.4 is 9.80 Å². The van der Waals surface area contributed by atoms with Crippen molar-refractivity contribution in [2.45, 2.75) is 0 Å². The van der Waals surface area contributed by atoms with Crippen molar-refractivity contribution in [3.8, 4) is 12.3 Å². The molecule has 16 heavy (non-hydrogen) atoms. The highest BCUT2D eigenvalue weighted by Crippen LogP contribution is 2.32. The Morgan fingerprint density at radius 3 is 2.69 bits per heavy atom. The van der Waals surface area contributed by atoms with Crippen LogP contribution in [0.25, 0.3) is 0 Å². The van der Waals surface area contributed by atoms with Gasteiger partial charge in [-0.1, -0.05) is 0 Å². The molecule has 0 unspecified atom stereocenters. The van der Waals surface area contributed by atoms with Crippen molar-refractivity contribution in [3.63, 3.8) is 0 Å². The smallest absolute Gasteiger partial charge is 0.247 e. The molecule has 1 aliphatic heterocycles. The lowest BCUT2D eigenvalue weighted by Gasteiger charge is -2.30. The molecule has 0 atom stereocenters. The van der Waals surface area contributed by atoms with E-state index in [1.54, 1.807) is 25.2 Å². The first-order chi connectivity index (χ1) is 7.67. The van der Waals surface area contributed by atoms with Gasteiger partial charge in [0.1, 0.15) is 6.54 Å². The number of nitrogens with zero attached hydrogens (tertiary/aromatic N) is 4. The zero-order valence-electron chi connectivity index (χ0n) is 8.64. The summed E-state index contributed by atoms with van der Waals surface area (Å²) >= 11 is 0. The van der Waals surface area contributed by atoms with Crippen LogP contribution in [0.4, 0.5) is 11.4 Å². The van der Waals surface area contributed by atoms with E-state index in [0.29, 0.717) is 16.9 Å². The third-order valence-corrected chi connectivity index (χ3v) is 2.54. The minimum atomic E-state index is -0.163. The summed E-state index contributed by atoms with van der Waals surface area (Å²) in [7, 11) is 1.64. The number of likely N-dealkylation sites (N-methyl/N-ethyl adjacent to an activating group) is 1. The minimum absolute atomic E-state index is 0.0475. The minimum Gasteiger partial charge on any atom is -0.312 e. The van der Waals surface area contributed by atoms with Gasteiger partial charge >= 0.3 is 0 Å². The molecule has 2 rings (SSSR count). The van der Waals surface area contributed by atoms with Gasteiger partial charge in [-0.05, 0) is 18.2 Å². The molecule has 0 saturated carbocycles. The molecule has 0 radical (unpaired) electrons. The number of amides is 1. The zero-order chi connectivity index (χ0) is 11.7. The largest absolute Gasteiger partial charge is 0.312 e. The predicted molar refractivity (Wildman–Crippen MR) is 57.5 cm³/mol. The van der Waals surface area contributed by atoms with Crippen LogP contribution in [0.3, 0.4) is 0 Å². The third-order valence-electron chi connectivity index (χ3n) is 2.54. The van der Waals surface area contributed by atoms with Crippen molar-refractivity contribution in [2.24, 2.45) is 0 Å². The molecule has 1 heterocycles. The summed E-state index contributed by atoms with van der Waals surface area (Å²) in [6.07, 6.45) is 1.95. The average molecular weight is 212 g/mol. The molecule has 5 nitrogen and oxygen atoms in total. The first-order valence-corrected chi connectivity index (χ1v) is 4.65. The molecular formula is C11H8N4O. The highest BCUT2D eigenvalue weighted by molar-refractivity contribution is 6.03. The fraction of sp³-hybridized carbons (Fsp3) is 0.182. The molecule has 1 amide bonds. The van der Waals surface area contributed by atoms with Gasteiger partial charge in [-0.15, -0.1) is 0 Å². The van der Waals surface area contributed by atoms with Crippen LogP contribution in [0.1, 0.15) is 5.56 Å². The van der Waals surface area contributed by atoms with Crippen molar-refractivity contribution in [3.05, 3.63) is 23.8 Å². The van der Waals surface area contributed by atoms with E-state index in [-0.39, 0.29) is 12.5 Å². The number of carbonyl (C=O) groups is 1. The van der Waals surface area contributed by atoms with Crippen LogP contribution in [-0.4, -0.2) is 19.5 Å². The van der Waals surface area contributed by atoms with E-state index in [1.165, 1.54) is 9.80 Å². The number of carbonyl (C=O) groups excluding carboxylic acids is 1. The van der Waals surface area contributed by atoms with E-state index in [1.807, 2.05) is 12.3 Å². The maximum atomic E-state index is 11.6. The standard InChI is InChI=1S/C11H8N4O/c1-14-10-4-8(5-12)2-3-9(10)15(7-13)6-11(14)16/h2-4H,6H2,1H3. The molecule has 0 aromatic heterocycles. The van der Waals surface area contributed by atoms with E-state index >= 15 is 0 Å². The molecule has 1 aliphatic rings. The summed E-state index contributed by atoms with van der Waals surface area (Å²) in [6, 6.07) is 6.93. The average Bonchev–Trinajstić information content (AvgIpc) is 2.33. The summed E-state index contributed by atoms with van der Waals surface area (Å²) in [6.45, 7) is 0.0475. The summed E-state index contributed by atoms with van der Waals surface area (Å²) in [4.78, 5) is 14.4. The highest BCUT2D eigenvalue weighted by atomic mass is 16.2. The maximum absolute atomic E-state index is 11.6. The molecule has 0 fully saturated rings. The van der Waals surface area contributed by atoms with E-state index < -0.39 is 0 Å². The number of benzene rings is 1. The fourth-order valence-electron chi connectivity index (χ4n) is 1.64. The Labute approximate surface area is 92.7 Å². The first kappa shape index (κ1) is 10.0. The van der Waals surface area contributed by atoms with E-state index in [4.69, 9.17) is 10.5 Å². The number of rotatable bonds is 0. The Balaban J connectivity index is 2.61. The SMILES string of the molecule is CN1C(=O)CN(C#N)c2ccc(C#N)cc21. The normalized spacial score (nSPS) is 14.1. The van der Waals surface area contributed by atoms with E-state index in [2.05, 4.69) is 0 Å². The van der Waals surface area contributed by atoms with E-state index in [0.717, 1.165) is 0 Å². The molecule has 1 aromatic rings. The van der Waals surface area contributed by atoms with Gasteiger partial charge in [0.05, 0.1) is 23.0 Å². The molecular weight excluding hydrogens is 204 g/mol. The lowest BCUT2D eigenvalue weighted by molar-refractivity contribution is -0.117. The van der Waals surface area contributed by atoms with Gasteiger partial charge < -0.3 is 4.90 Å². The first-order valence-electron chi connectivity index (χ1n) is 4.65. The molecule has 78 valence electrons. The number of nitriles is 2. The topological polar surface area (TPSA) is 71.1 Å². The summed E-state index contributed by atoms with van der Waals surface area (Å²) in [5.41, 5.74) is 1.72. The van der Waals surface area contributed by atoms with Gasteiger partial charge in [-0.25, -0.2) is 0 Å². The summed E-state index contributed by atoms with van der Waals surface area (Å²) < 4.78 is 0. The van der Waals surface area contributed by atoms with Gasteiger partial charge in [0.15, 0.2) is 6.19 Å².